The van der Waals surface area contributed by atoms with E-state index in [0.717, 1.165) is 5.56 Å². The normalized spacial score (nSPS) is 11.2. The van der Waals surface area contributed by atoms with Crippen molar-refractivity contribution < 1.29 is 19.1 Å². The molecule has 1 atom stereocenters. The third-order valence-corrected chi connectivity index (χ3v) is 2.83. The first-order valence-electron chi connectivity index (χ1n) is 6.86. The van der Waals surface area contributed by atoms with Crippen LogP contribution in [0.3, 0.4) is 0 Å². The monoisotopic (exact) mass is 330 g/mol. The molecule has 0 aliphatic heterocycles. The van der Waals surface area contributed by atoms with Crippen molar-refractivity contribution in [3.05, 3.63) is 29.8 Å². The Hall–Kier alpha value is -1.63. The largest absolute Gasteiger partial charge is 0.466 e. The first-order chi connectivity index (χ1) is 10.1. The third-order valence-electron chi connectivity index (χ3n) is 2.83. The van der Waals surface area contributed by atoms with Crippen molar-refractivity contribution in [3.8, 4) is 0 Å². The summed E-state index contributed by atoms with van der Waals surface area (Å²) in [5, 5.41) is 2.70. The number of nitrogens with one attached hydrogen (secondary N) is 1. The molecular formula is C15H23ClN2O4. The Morgan fingerprint density at radius 3 is 2.45 bits per heavy atom. The first kappa shape index (κ1) is 20.4. The van der Waals surface area contributed by atoms with E-state index in [0.29, 0.717) is 25.1 Å². The zero-order valence-corrected chi connectivity index (χ0v) is 13.7. The maximum absolute atomic E-state index is 11.7. The number of halogens is 1. The quantitative estimate of drug-likeness (QED) is 0.705. The number of hydrogen-bond donors (Lipinski definition) is 2. The Bertz CT molecular complexity index is 465. The molecule has 0 aromatic heterocycles. The van der Waals surface area contributed by atoms with Crippen LogP contribution in [0.5, 0.6) is 0 Å². The minimum Gasteiger partial charge on any atom is -0.466 e. The Labute approximate surface area is 136 Å². The molecule has 1 aromatic rings. The number of benzene rings is 1. The summed E-state index contributed by atoms with van der Waals surface area (Å²) in [6.07, 6.45) is 0.953. The lowest BCUT2D eigenvalue weighted by atomic mass is 10.1. The second-order valence-corrected chi connectivity index (χ2v) is 4.55. The van der Waals surface area contributed by atoms with E-state index >= 15 is 0 Å². The molecule has 0 radical (unpaired) electrons. The Balaban J connectivity index is 0.00000441. The predicted octanol–water partition coefficient (Wildman–Crippen LogP) is 1.52. The van der Waals surface area contributed by atoms with Gasteiger partial charge in [-0.15, -0.1) is 12.4 Å². The molecule has 1 unspecified atom stereocenters. The van der Waals surface area contributed by atoms with Crippen LogP contribution in [0.25, 0.3) is 0 Å². The average molecular weight is 331 g/mol. The molecule has 0 spiro atoms. The molecular weight excluding hydrogens is 308 g/mol. The van der Waals surface area contributed by atoms with Gasteiger partial charge < -0.3 is 20.5 Å². The van der Waals surface area contributed by atoms with Crippen molar-refractivity contribution in [3.63, 3.8) is 0 Å². The standard InChI is InChI=1S/C15H22N2O4.ClH/c1-3-21-14(18)9-6-11-4-7-12(8-5-11)17-15(19)13(16)10-20-2;/h4-5,7-8,13H,3,6,9-10,16H2,1-2H3,(H,17,19);1H. The zero-order chi connectivity index (χ0) is 15.7. The van der Waals surface area contributed by atoms with Gasteiger partial charge >= 0.3 is 5.97 Å². The minimum atomic E-state index is -0.696. The number of hydrogen-bond acceptors (Lipinski definition) is 5. The maximum atomic E-state index is 11.7. The number of esters is 1. The van der Waals surface area contributed by atoms with Gasteiger partial charge in [-0.3, -0.25) is 9.59 Å². The number of carbonyl (C=O) groups is 2. The molecule has 0 fully saturated rings. The summed E-state index contributed by atoms with van der Waals surface area (Å²) < 4.78 is 9.69. The summed E-state index contributed by atoms with van der Waals surface area (Å²) in [5.41, 5.74) is 7.29. The van der Waals surface area contributed by atoms with Crippen molar-refractivity contribution in [1.29, 1.82) is 0 Å². The molecule has 0 saturated heterocycles. The number of rotatable bonds is 8. The van der Waals surface area contributed by atoms with Crippen molar-refractivity contribution in [2.24, 2.45) is 5.73 Å². The highest BCUT2D eigenvalue weighted by atomic mass is 35.5. The predicted molar refractivity (Wildman–Crippen MR) is 87.1 cm³/mol. The van der Waals surface area contributed by atoms with Gasteiger partial charge in [0.2, 0.25) is 5.91 Å². The molecule has 0 aliphatic carbocycles. The summed E-state index contributed by atoms with van der Waals surface area (Å²) >= 11 is 0. The lowest BCUT2D eigenvalue weighted by Crippen LogP contribution is -2.39. The van der Waals surface area contributed by atoms with Crippen molar-refractivity contribution in [2.45, 2.75) is 25.8 Å². The van der Waals surface area contributed by atoms with E-state index < -0.39 is 6.04 Å². The number of amides is 1. The van der Waals surface area contributed by atoms with Crippen molar-refractivity contribution in [1.82, 2.24) is 0 Å². The average Bonchev–Trinajstić information content (AvgIpc) is 2.47. The summed E-state index contributed by atoms with van der Waals surface area (Å²) in [6.45, 7) is 2.35. The summed E-state index contributed by atoms with van der Waals surface area (Å²) in [7, 11) is 1.49. The molecule has 1 rings (SSSR count). The smallest absolute Gasteiger partial charge is 0.306 e. The van der Waals surface area contributed by atoms with Gasteiger partial charge in [-0.2, -0.15) is 0 Å². The van der Waals surface area contributed by atoms with Gasteiger partial charge in [-0.05, 0) is 31.0 Å². The van der Waals surface area contributed by atoms with Crippen LogP contribution >= 0.6 is 12.4 Å². The Morgan fingerprint density at radius 2 is 1.91 bits per heavy atom. The summed E-state index contributed by atoms with van der Waals surface area (Å²) in [5.74, 6) is -0.503. The molecule has 0 bridgehead atoms. The van der Waals surface area contributed by atoms with Gasteiger partial charge in [-0.25, -0.2) is 0 Å². The molecule has 3 N–H and O–H groups in total. The molecule has 22 heavy (non-hydrogen) atoms. The maximum Gasteiger partial charge on any atom is 0.306 e. The second-order valence-electron chi connectivity index (χ2n) is 4.55. The Morgan fingerprint density at radius 1 is 1.27 bits per heavy atom. The number of anilines is 1. The van der Waals surface area contributed by atoms with Gasteiger partial charge in [-0.1, -0.05) is 12.1 Å². The van der Waals surface area contributed by atoms with Crippen LogP contribution in [0.4, 0.5) is 5.69 Å². The molecule has 6 nitrogen and oxygen atoms in total. The third kappa shape index (κ3) is 7.40. The van der Waals surface area contributed by atoms with Crippen LogP contribution in [-0.2, 0) is 25.5 Å². The second kappa shape index (κ2) is 11.0. The SMILES string of the molecule is CCOC(=O)CCc1ccc(NC(=O)C(N)COC)cc1.Cl. The van der Waals surface area contributed by atoms with Crippen LogP contribution in [0.15, 0.2) is 24.3 Å². The van der Waals surface area contributed by atoms with Gasteiger partial charge in [0.25, 0.3) is 0 Å². The molecule has 1 aromatic carbocycles. The summed E-state index contributed by atoms with van der Waals surface area (Å²) in [4.78, 5) is 23.0. The van der Waals surface area contributed by atoms with E-state index in [2.05, 4.69) is 5.32 Å². The number of carbonyl (C=O) groups excluding carboxylic acids is 2. The van der Waals surface area contributed by atoms with Crippen molar-refractivity contribution >= 4 is 30.0 Å². The molecule has 0 heterocycles. The summed E-state index contributed by atoms with van der Waals surface area (Å²) in [6, 6.07) is 6.57. The molecule has 0 aliphatic rings. The lowest BCUT2D eigenvalue weighted by molar-refractivity contribution is -0.143. The highest BCUT2D eigenvalue weighted by Gasteiger charge is 2.12. The number of methoxy groups -OCH3 is 1. The highest BCUT2D eigenvalue weighted by molar-refractivity contribution is 5.94. The molecule has 124 valence electrons. The van der Waals surface area contributed by atoms with E-state index in [1.165, 1.54) is 7.11 Å². The van der Waals surface area contributed by atoms with Gasteiger partial charge in [0.15, 0.2) is 0 Å². The molecule has 1 amide bonds. The van der Waals surface area contributed by atoms with Crippen LogP contribution in [0, 0.1) is 0 Å². The zero-order valence-electron chi connectivity index (χ0n) is 12.8. The van der Waals surface area contributed by atoms with Crippen LogP contribution in [-0.4, -0.2) is 38.2 Å². The van der Waals surface area contributed by atoms with Gasteiger partial charge in [0.1, 0.15) is 6.04 Å². The van der Waals surface area contributed by atoms with Gasteiger partial charge in [0.05, 0.1) is 13.2 Å². The van der Waals surface area contributed by atoms with Crippen LogP contribution in [0.2, 0.25) is 0 Å². The fourth-order valence-corrected chi connectivity index (χ4v) is 1.72. The van der Waals surface area contributed by atoms with E-state index in [4.69, 9.17) is 15.2 Å². The van der Waals surface area contributed by atoms with E-state index in [-0.39, 0.29) is 30.9 Å². The van der Waals surface area contributed by atoms with E-state index in [9.17, 15) is 9.59 Å². The molecule has 7 heteroatoms. The fraction of sp³-hybridized carbons (Fsp3) is 0.467. The van der Waals surface area contributed by atoms with E-state index in [1.54, 1.807) is 19.1 Å². The van der Waals surface area contributed by atoms with Crippen LogP contribution < -0.4 is 11.1 Å². The van der Waals surface area contributed by atoms with E-state index in [1.807, 2.05) is 12.1 Å². The van der Waals surface area contributed by atoms with Gasteiger partial charge in [0, 0.05) is 19.2 Å². The number of nitrogens with two attached hydrogens (primary N) is 1. The van der Waals surface area contributed by atoms with Crippen molar-refractivity contribution in [2.75, 3.05) is 25.6 Å². The number of ether oxygens (including phenoxy) is 2. The highest BCUT2D eigenvalue weighted by Crippen LogP contribution is 2.11. The Kier molecular flexibility index (Phi) is 10.2. The minimum absolute atomic E-state index is 0. The van der Waals surface area contributed by atoms with Crippen LogP contribution in [0.1, 0.15) is 18.9 Å². The fourth-order valence-electron chi connectivity index (χ4n) is 1.72. The molecule has 0 saturated carbocycles. The first-order valence-corrected chi connectivity index (χ1v) is 6.86. The lowest BCUT2D eigenvalue weighted by Gasteiger charge is -2.11. The topological polar surface area (TPSA) is 90.7 Å². The number of aryl methyl sites for hydroxylation is 1.